The summed E-state index contributed by atoms with van der Waals surface area (Å²) in [5.74, 6) is 0.206. The maximum atomic E-state index is 12.4. The second kappa shape index (κ2) is 8.48. The second-order valence-corrected chi connectivity index (χ2v) is 8.33. The van der Waals surface area contributed by atoms with Gasteiger partial charge in [0.05, 0.1) is 17.8 Å². The molecule has 0 aliphatic carbocycles. The zero-order chi connectivity index (χ0) is 17.6. The first-order chi connectivity index (χ1) is 11.4. The van der Waals surface area contributed by atoms with Gasteiger partial charge in [-0.2, -0.15) is 0 Å². The van der Waals surface area contributed by atoms with Gasteiger partial charge in [0.1, 0.15) is 5.75 Å². The fourth-order valence-corrected chi connectivity index (χ4v) is 4.37. The number of carbonyl (C=O) groups excluding carboxylic acids is 1. The number of hydrogen-bond donors (Lipinski definition) is 2. The third-order valence-corrected chi connectivity index (χ3v) is 6.28. The Morgan fingerprint density at radius 1 is 1.38 bits per heavy atom. The highest BCUT2D eigenvalue weighted by atomic mass is 32.2. The van der Waals surface area contributed by atoms with E-state index in [0.29, 0.717) is 18.2 Å². The number of methoxy groups -OCH3 is 1. The molecule has 0 bridgehead atoms. The van der Waals surface area contributed by atoms with Crippen LogP contribution in [-0.4, -0.2) is 46.8 Å². The van der Waals surface area contributed by atoms with Crippen LogP contribution in [-0.2, 0) is 14.6 Å². The van der Waals surface area contributed by atoms with Crippen molar-refractivity contribution in [2.75, 3.05) is 32.5 Å². The molecule has 1 amide bonds. The molecule has 0 saturated carbocycles. The van der Waals surface area contributed by atoms with Gasteiger partial charge in [0.15, 0.2) is 9.84 Å². The molecule has 2 rings (SSSR count). The number of rotatable bonds is 8. The quantitative estimate of drug-likeness (QED) is 0.733. The maximum Gasteiger partial charge on any atom is 0.223 e. The molecular formula is C17H26N2O4S. The van der Waals surface area contributed by atoms with Crippen LogP contribution >= 0.6 is 0 Å². The van der Waals surface area contributed by atoms with Crippen molar-refractivity contribution in [3.63, 3.8) is 0 Å². The SMILES string of the molecule is COc1ccc(S(=O)(=O)CC(C)C(=O)NCCC2CCNC2)cc1. The largest absolute Gasteiger partial charge is 0.497 e. The van der Waals surface area contributed by atoms with Crippen molar-refractivity contribution in [1.29, 1.82) is 0 Å². The standard InChI is InChI=1S/C17H26N2O4S/c1-13(17(20)19-10-8-14-7-9-18-11-14)12-24(21,22)16-5-3-15(23-2)4-6-16/h3-6,13-14,18H,7-12H2,1-2H3,(H,19,20). The summed E-state index contributed by atoms with van der Waals surface area (Å²) >= 11 is 0. The average molecular weight is 354 g/mol. The summed E-state index contributed by atoms with van der Waals surface area (Å²) in [5.41, 5.74) is 0. The minimum atomic E-state index is -3.50. The Kier molecular flexibility index (Phi) is 6.62. The number of ether oxygens (including phenoxy) is 1. The average Bonchev–Trinajstić information content (AvgIpc) is 3.07. The summed E-state index contributed by atoms with van der Waals surface area (Å²) in [6.07, 6.45) is 2.06. The molecule has 2 atom stereocenters. The molecule has 1 aliphatic heterocycles. The lowest BCUT2D eigenvalue weighted by Crippen LogP contribution is -2.34. The van der Waals surface area contributed by atoms with Gasteiger partial charge < -0.3 is 15.4 Å². The molecular weight excluding hydrogens is 328 g/mol. The first kappa shape index (κ1) is 18.7. The van der Waals surface area contributed by atoms with Gasteiger partial charge in [-0.05, 0) is 56.1 Å². The summed E-state index contributed by atoms with van der Waals surface area (Å²) in [4.78, 5) is 12.3. The van der Waals surface area contributed by atoms with Gasteiger partial charge in [-0.1, -0.05) is 6.92 Å². The van der Waals surface area contributed by atoms with Crippen molar-refractivity contribution >= 4 is 15.7 Å². The van der Waals surface area contributed by atoms with Crippen LogP contribution in [0.5, 0.6) is 5.75 Å². The highest BCUT2D eigenvalue weighted by Crippen LogP contribution is 2.18. The maximum absolute atomic E-state index is 12.4. The Bertz CT molecular complexity index is 637. The molecule has 2 N–H and O–H groups in total. The van der Waals surface area contributed by atoms with E-state index in [4.69, 9.17) is 4.74 Å². The van der Waals surface area contributed by atoms with E-state index in [9.17, 15) is 13.2 Å². The van der Waals surface area contributed by atoms with Gasteiger partial charge in [-0.25, -0.2) is 8.42 Å². The van der Waals surface area contributed by atoms with E-state index >= 15 is 0 Å². The third-order valence-electron chi connectivity index (χ3n) is 4.35. The Morgan fingerprint density at radius 3 is 2.67 bits per heavy atom. The smallest absolute Gasteiger partial charge is 0.223 e. The molecule has 6 nitrogen and oxygen atoms in total. The minimum Gasteiger partial charge on any atom is -0.497 e. The molecule has 1 aliphatic rings. The lowest BCUT2D eigenvalue weighted by molar-refractivity contribution is -0.123. The molecule has 1 aromatic carbocycles. The third kappa shape index (κ3) is 5.21. The minimum absolute atomic E-state index is 0.198. The van der Waals surface area contributed by atoms with Gasteiger partial charge >= 0.3 is 0 Å². The van der Waals surface area contributed by atoms with Crippen LogP contribution in [0.25, 0.3) is 0 Å². The first-order valence-electron chi connectivity index (χ1n) is 8.27. The fourth-order valence-electron chi connectivity index (χ4n) is 2.82. The number of amides is 1. The van der Waals surface area contributed by atoms with E-state index in [0.717, 1.165) is 25.9 Å². The van der Waals surface area contributed by atoms with E-state index in [1.54, 1.807) is 19.1 Å². The highest BCUT2D eigenvalue weighted by molar-refractivity contribution is 7.91. The van der Waals surface area contributed by atoms with E-state index < -0.39 is 15.8 Å². The van der Waals surface area contributed by atoms with Crippen molar-refractivity contribution in [3.05, 3.63) is 24.3 Å². The Morgan fingerprint density at radius 2 is 2.08 bits per heavy atom. The summed E-state index contributed by atoms with van der Waals surface area (Å²) < 4.78 is 29.8. The molecule has 2 unspecified atom stereocenters. The lowest BCUT2D eigenvalue weighted by Gasteiger charge is -2.14. The predicted molar refractivity (Wildman–Crippen MR) is 92.8 cm³/mol. The molecule has 1 fully saturated rings. The summed E-state index contributed by atoms with van der Waals surface area (Å²) in [6.45, 7) is 4.28. The van der Waals surface area contributed by atoms with Crippen LogP contribution in [0, 0.1) is 11.8 Å². The topological polar surface area (TPSA) is 84.5 Å². The van der Waals surface area contributed by atoms with Crippen LogP contribution in [0.2, 0.25) is 0 Å². The van der Waals surface area contributed by atoms with Crippen LogP contribution in [0.15, 0.2) is 29.2 Å². The molecule has 24 heavy (non-hydrogen) atoms. The van der Waals surface area contributed by atoms with Gasteiger partial charge in [0.25, 0.3) is 0 Å². The van der Waals surface area contributed by atoms with E-state index in [2.05, 4.69) is 10.6 Å². The first-order valence-corrected chi connectivity index (χ1v) is 9.93. The van der Waals surface area contributed by atoms with Crippen LogP contribution < -0.4 is 15.4 Å². The van der Waals surface area contributed by atoms with E-state index in [-0.39, 0.29) is 16.6 Å². The number of sulfone groups is 1. The van der Waals surface area contributed by atoms with Crippen molar-refractivity contribution in [1.82, 2.24) is 10.6 Å². The number of hydrogen-bond acceptors (Lipinski definition) is 5. The monoisotopic (exact) mass is 354 g/mol. The number of carbonyl (C=O) groups is 1. The van der Waals surface area contributed by atoms with Crippen molar-refractivity contribution in [3.8, 4) is 5.75 Å². The van der Waals surface area contributed by atoms with Crippen molar-refractivity contribution < 1.29 is 17.9 Å². The normalized spacial score (nSPS) is 19.0. The van der Waals surface area contributed by atoms with Gasteiger partial charge in [-0.3, -0.25) is 4.79 Å². The van der Waals surface area contributed by atoms with Crippen LogP contribution in [0.4, 0.5) is 0 Å². The molecule has 0 radical (unpaired) electrons. The summed E-state index contributed by atoms with van der Waals surface area (Å²) in [7, 11) is -1.97. The fraction of sp³-hybridized carbons (Fsp3) is 0.588. The molecule has 1 saturated heterocycles. The molecule has 1 aromatic rings. The zero-order valence-corrected chi connectivity index (χ0v) is 15.1. The van der Waals surface area contributed by atoms with Crippen molar-refractivity contribution in [2.45, 2.75) is 24.7 Å². The van der Waals surface area contributed by atoms with Crippen molar-refractivity contribution in [2.24, 2.45) is 11.8 Å². The Hall–Kier alpha value is -1.60. The number of benzene rings is 1. The summed E-state index contributed by atoms with van der Waals surface area (Å²) in [6, 6.07) is 6.22. The van der Waals surface area contributed by atoms with Crippen LogP contribution in [0.1, 0.15) is 19.8 Å². The Labute approximate surface area is 143 Å². The number of nitrogens with one attached hydrogen (secondary N) is 2. The molecule has 0 aromatic heterocycles. The Balaban J connectivity index is 1.84. The van der Waals surface area contributed by atoms with Gasteiger partial charge in [0.2, 0.25) is 5.91 Å². The molecule has 0 spiro atoms. The van der Waals surface area contributed by atoms with Crippen LogP contribution in [0.3, 0.4) is 0 Å². The van der Waals surface area contributed by atoms with E-state index in [1.165, 1.54) is 19.2 Å². The lowest BCUT2D eigenvalue weighted by atomic mass is 10.1. The second-order valence-electron chi connectivity index (χ2n) is 6.30. The highest BCUT2D eigenvalue weighted by Gasteiger charge is 2.23. The zero-order valence-electron chi connectivity index (χ0n) is 14.2. The molecule has 1 heterocycles. The molecule has 134 valence electrons. The van der Waals surface area contributed by atoms with Gasteiger partial charge in [0, 0.05) is 12.5 Å². The van der Waals surface area contributed by atoms with E-state index in [1.807, 2.05) is 0 Å². The van der Waals surface area contributed by atoms with Gasteiger partial charge in [-0.15, -0.1) is 0 Å². The predicted octanol–water partition coefficient (Wildman–Crippen LogP) is 1.22. The molecule has 7 heteroatoms. The summed E-state index contributed by atoms with van der Waals surface area (Å²) in [5, 5.41) is 6.14.